The summed E-state index contributed by atoms with van der Waals surface area (Å²) >= 11 is 1.47. The molecular formula is C26H28N2O5S. The fraction of sp³-hybridized carbons (Fsp3) is 0.231. The van der Waals surface area contributed by atoms with Gasteiger partial charge in [0.05, 0.1) is 27.4 Å². The lowest BCUT2D eigenvalue weighted by atomic mass is 10.0. The van der Waals surface area contributed by atoms with Crippen molar-refractivity contribution in [2.24, 2.45) is 0 Å². The number of thiophene rings is 1. The van der Waals surface area contributed by atoms with Gasteiger partial charge < -0.3 is 24.8 Å². The van der Waals surface area contributed by atoms with Crippen molar-refractivity contribution in [3.8, 4) is 17.2 Å². The molecule has 0 radical (unpaired) electrons. The molecule has 2 aromatic carbocycles. The molecule has 3 aromatic rings. The molecule has 2 N–H and O–H groups in total. The average Bonchev–Trinajstić information content (AvgIpc) is 3.39. The van der Waals surface area contributed by atoms with E-state index in [9.17, 15) is 9.59 Å². The van der Waals surface area contributed by atoms with Crippen molar-refractivity contribution in [2.45, 2.75) is 19.4 Å². The quantitative estimate of drug-likeness (QED) is 0.407. The van der Waals surface area contributed by atoms with Crippen LogP contribution in [0.5, 0.6) is 17.2 Å². The maximum absolute atomic E-state index is 13.3. The predicted molar refractivity (Wildman–Crippen MR) is 133 cm³/mol. The standard InChI is InChI=1S/C26H28N2O5S/c1-5-21(17-8-11-19(31-2)12-9-17)27-26(30)22(16-20-7-6-14-34-20)28-25(29)18-10-13-23(32-3)24(15-18)33-4/h6-16,21H,5H2,1-4H3,(H,27,30)(H,28,29)/b22-16-/t21-/m0/s1. The van der Waals surface area contributed by atoms with Gasteiger partial charge >= 0.3 is 0 Å². The van der Waals surface area contributed by atoms with Crippen molar-refractivity contribution in [3.63, 3.8) is 0 Å². The number of benzene rings is 2. The highest BCUT2D eigenvalue weighted by molar-refractivity contribution is 7.10. The lowest BCUT2D eigenvalue weighted by Gasteiger charge is -2.19. The zero-order valence-electron chi connectivity index (χ0n) is 19.6. The first-order chi connectivity index (χ1) is 16.5. The van der Waals surface area contributed by atoms with E-state index in [1.807, 2.05) is 48.7 Å². The van der Waals surface area contributed by atoms with Crippen molar-refractivity contribution in [1.29, 1.82) is 0 Å². The molecule has 1 atom stereocenters. The molecule has 34 heavy (non-hydrogen) atoms. The third kappa shape index (κ3) is 6.17. The summed E-state index contributed by atoms with van der Waals surface area (Å²) in [6.45, 7) is 1.99. The van der Waals surface area contributed by atoms with Crippen LogP contribution in [0.3, 0.4) is 0 Å². The SMILES string of the molecule is CC[C@H](NC(=O)/C(=C/c1cccs1)NC(=O)c1ccc(OC)c(OC)c1)c1ccc(OC)cc1. The molecule has 1 aromatic heterocycles. The molecule has 1 heterocycles. The molecule has 0 spiro atoms. The molecule has 3 rings (SSSR count). The Morgan fingerprint density at radius 2 is 1.71 bits per heavy atom. The minimum absolute atomic E-state index is 0.147. The van der Waals surface area contributed by atoms with Gasteiger partial charge in [-0.05, 0) is 59.8 Å². The van der Waals surface area contributed by atoms with E-state index in [1.54, 1.807) is 31.4 Å². The molecule has 0 fully saturated rings. The summed E-state index contributed by atoms with van der Waals surface area (Å²) in [7, 11) is 4.63. The number of hydrogen-bond donors (Lipinski definition) is 2. The zero-order chi connectivity index (χ0) is 24.5. The van der Waals surface area contributed by atoms with Crippen LogP contribution < -0.4 is 24.8 Å². The van der Waals surface area contributed by atoms with Crippen LogP contribution >= 0.6 is 11.3 Å². The molecule has 0 aliphatic rings. The smallest absolute Gasteiger partial charge is 0.268 e. The van der Waals surface area contributed by atoms with Crippen molar-refractivity contribution in [2.75, 3.05) is 21.3 Å². The van der Waals surface area contributed by atoms with Gasteiger partial charge in [0.25, 0.3) is 11.8 Å². The zero-order valence-corrected chi connectivity index (χ0v) is 20.4. The van der Waals surface area contributed by atoms with E-state index in [1.165, 1.54) is 25.6 Å². The fourth-order valence-corrected chi connectivity index (χ4v) is 4.00. The van der Waals surface area contributed by atoms with E-state index < -0.39 is 5.91 Å². The van der Waals surface area contributed by atoms with Gasteiger partial charge in [0.15, 0.2) is 11.5 Å². The summed E-state index contributed by atoms with van der Waals surface area (Å²) in [6.07, 6.45) is 2.34. The highest BCUT2D eigenvalue weighted by atomic mass is 32.1. The summed E-state index contributed by atoms with van der Waals surface area (Å²) in [4.78, 5) is 27.1. The second kappa shape index (κ2) is 11.9. The maximum Gasteiger partial charge on any atom is 0.268 e. The molecular weight excluding hydrogens is 452 g/mol. The first-order valence-electron chi connectivity index (χ1n) is 10.7. The van der Waals surface area contributed by atoms with Gasteiger partial charge in [0, 0.05) is 10.4 Å². The van der Waals surface area contributed by atoms with Crippen LogP contribution in [0.15, 0.2) is 65.7 Å². The number of rotatable bonds is 10. The summed E-state index contributed by atoms with van der Waals surface area (Å²) in [5.41, 5.74) is 1.43. The Balaban J connectivity index is 1.84. The van der Waals surface area contributed by atoms with Crippen LogP contribution in [0.4, 0.5) is 0 Å². The Morgan fingerprint density at radius 3 is 2.29 bits per heavy atom. The highest BCUT2D eigenvalue weighted by Crippen LogP contribution is 2.28. The summed E-state index contributed by atoms with van der Waals surface area (Å²) in [5, 5.41) is 7.69. The molecule has 0 aliphatic heterocycles. The maximum atomic E-state index is 13.3. The summed E-state index contributed by atoms with van der Waals surface area (Å²) < 4.78 is 15.7. The number of nitrogens with one attached hydrogen (secondary N) is 2. The molecule has 0 bridgehead atoms. The van der Waals surface area contributed by atoms with Crippen molar-refractivity contribution >= 4 is 29.2 Å². The lowest BCUT2D eigenvalue weighted by molar-refractivity contribution is -0.118. The van der Waals surface area contributed by atoms with E-state index in [0.29, 0.717) is 23.5 Å². The van der Waals surface area contributed by atoms with E-state index in [2.05, 4.69) is 10.6 Å². The largest absolute Gasteiger partial charge is 0.497 e. The van der Waals surface area contributed by atoms with Crippen LogP contribution in [0.2, 0.25) is 0 Å². The van der Waals surface area contributed by atoms with E-state index >= 15 is 0 Å². The van der Waals surface area contributed by atoms with Crippen molar-refractivity contribution in [3.05, 3.63) is 81.7 Å². The van der Waals surface area contributed by atoms with Gasteiger partial charge in [-0.2, -0.15) is 0 Å². The number of carbonyl (C=O) groups excluding carboxylic acids is 2. The van der Waals surface area contributed by atoms with Gasteiger partial charge in [-0.15, -0.1) is 11.3 Å². The second-order valence-corrected chi connectivity index (χ2v) is 8.28. The summed E-state index contributed by atoms with van der Waals surface area (Å²) in [5.74, 6) is 0.858. The van der Waals surface area contributed by atoms with Crippen molar-refractivity contribution < 1.29 is 23.8 Å². The van der Waals surface area contributed by atoms with Gasteiger partial charge in [-0.1, -0.05) is 25.1 Å². The average molecular weight is 481 g/mol. The Labute approximate surface area is 203 Å². The summed E-state index contributed by atoms with van der Waals surface area (Å²) in [6, 6.07) is 15.9. The fourth-order valence-electron chi connectivity index (χ4n) is 3.34. The van der Waals surface area contributed by atoms with Crippen LogP contribution in [0, 0.1) is 0 Å². The van der Waals surface area contributed by atoms with Crippen LogP contribution in [0.25, 0.3) is 6.08 Å². The predicted octanol–water partition coefficient (Wildman–Crippen LogP) is 4.81. The molecule has 0 aliphatic carbocycles. The Kier molecular flexibility index (Phi) is 8.70. The van der Waals surface area contributed by atoms with Crippen LogP contribution in [-0.2, 0) is 4.79 Å². The monoisotopic (exact) mass is 480 g/mol. The van der Waals surface area contributed by atoms with E-state index in [-0.39, 0.29) is 17.6 Å². The Hall–Kier alpha value is -3.78. The van der Waals surface area contributed by atoms with E-state index in [0.717, 1.165) is 16.2 Å². The third-order valence-corrected chi connectivity index (χ3v) is 6.02. The number of hydrogen-bond acceptors (Lipinski definition) is 6. The molecule has 7 nitrogen and oxygen atoms in total. The minimum Gasteiger partial charge on any atom is -0.497 e. The van der Waals surface area contributed by atoms with Gasteiger partial charge in [0.2, 0.25) is 0 Å². The number of carbonyl (C=O) groups is 2. The molecule has 0 saturated heterocycles. The van der Waals surface area contributed by atoms with E-state index in [4.69, 9.17) is 14.2 Å². The topological polar surface area (TPSA) is 85.9 Å². The third-order valence-electron chi connectivity index (χ3n) is 5.20. The van der Waals surface area contributed by atoms with Gasteiger partial charge in [-0.25, -0.2) is 0 Å². The first kappa shape index (κ1) is 24.9. The Morgan fingerprint density at radius 1 is 0.971 bits per heavy atom. The van der Waals surface area contributed by atoms with Crippen LogP contribution in [-0.4, -0.2) is 33.1 Å². The molecule has 0 unspecified atom stereocenters. The number of methoxy groups -OCH3 is 3. The molecule has 8 heteroatoms. The van der Waals surface area contributed by atoms with Crippen LogP contribution in [0.1, 0.15) is 40.2 Å². The molecule has 178 valence electrons. The Bertz CT molecular complexity index is 1140. The highest BCUT2D eigenvalue weighted by Gasteiger charge is 2.20. The van der Waals surface area contributed by atoms with Gasteiger partial charge in [-0.3, -0.25) is 9.59 Å². The second-order valence-electron chi connectivity index (χ2n) is 7.30. The normalized spacial score (nSPS) is 11.9. The molecule has 2 amide bonds. The number of ether oxygens (including phenoxy) is 3. The number of amides is 2. The first-order valence-corrected chi connectivity index (χ1v) is 11.6. The lowest BCUT2D eigenvalue weighted by Crippen LogP contribution is -2.36. The minimum atomic E-state index is -0.434. The van der Waals surface area contributed by atoms with Gasteiger partial charge in [0.1, 0.15) is 11.4 Å². The molecule has 0 saturated carbocycles. The van der Waals surface area contributed by atoms with Crippen molar-refractivity contribution in [1.82, 2.24) is 10.6 Å².